The summed E-state index contributed by atoms with van der Waals surface area (Å²) in [5.74, 6) is 3.06. The van der Waals surface area contributed by atoms with Crippen molar-refractivity contribution in [1.82, 2.24) is 10.2 Å². The van der Waals surface area contributed by atoms with E-state index in [1.807, 2.05) is 0 Å². The highest BCUT2D eigenvalue weighted by atomic mass is 16.2. The Labute approximate surface area is 153 Å². The second-order valence-corrected chi connectivity index (χ2v) is 10.6. The number of hydrogen-bond donors (Lipinski definition) is 1. The molecule has 0 radical (unpaired) electrons. The van der Waals surface area contributed by atoms with E-state index in [4.69, 9.17) is 0 Å². The van der Waals surface area contributed by atoms with Gasteiger partial charge in [0.2, 0.25) is 5.91 Å². The van der Waals surface area contributed by atoms with Crippen LogP contribution in [0.4, 0.5) is 0 Å². The molecule has 3 heteroatoms. The van der Waals surface area contributed by atoms with Crippen molar-refractivity contribution in [2.75, 3.05) is 7.05 Å². The van der Waals surface area contributed by atoms with Crippen molar-refractivity contribution in [1.29, 1.82) is 0 Å². The average molecular weight is 345 g/mol. The standard InChI is InChI=1S/C22H36N2O/c1-21-12-10-17-15(16(21)7-8-18(21)23-14-4-5-14)6-9-19-22(17,2)13-11-20(25)24(19)3/h14-19,23H,4-13H2,1-3H3/t15-,16-,17+,18?,19?,21-,22+/m0/s1. The topological polar surface area (TPSA) is 32.3 Å². The smallest absolute Gasteiger partial charge is 0.222 e. The highest BCUT2D eigenvalue weighted by Gasteiger charge is 2.61. The fraction of sp³-hybridized carbons (Fsp3) is 0.955. The second-order valence-electron chi connectivity index (χ2n) is 10.6. The molecule has 1 amide bonds. The second kappa shape index (κ2) is 5.47. The molecular weight excluding hydrogens is 308 g/mol. The number of nitrogens with one attached hydrogen (secondary N) is 1. The van der Waals surface area contributed by atoms with E-state index in [2.05, 4.69) is 31.1 Å². The van der Waals surface area contributed by atoms with Gasteiger partial charge in [-0.3, -0.25) is 4.79 Å². The summed E-state index contributed by atoms with van der Waals surface area (Å²) in [5, 5.41) is 4.01. The molecule has 7 atom stereocenters. The fourth-order valence-electron chi connectivity index (χ4n) is 7.96. The van der Waals surface area contributed by atoms with Crippen molar-refractivity contribution in [3.63, 3.8) is 0 Å². The Morgan fingerprint density at radius 2 is 1.68 bits per heavy atom. The van der Waals surface area contributed by atoms with Gasteiger partial charge in [-0.25, -0.2) is 0 Å². The monoisotopic (exact) mass is 344 g/mol. The lowest BCUT2D eigenvalue weighted by Crippen LogP contribution is -2.61. The van der Waals surface area contributed by atoms with Crippen LogP contribution in [0.2, 0.25) is 0 Å². The molecule has 1 saturated heterocycles. The molecule has 1 N–H and O–H groups in total. The van der Waals surface area contributed by atoms with Gasteiger partial charge >= 0.3 is 0 Å². The molecular formula is C22H36N2O. The van der Waals surface area contributed by atoms with Crippen molar-refractivity contribution in [2.24, 2.45) is 28.6 Å². The molecule has 0 aromatic heterocycles. The van der Waals surface area contributed by atoms with Gasteiger partial charge in [0.1, 0.15) is 0 Å². The minimum Gasteiger partial charge on any atom is -0.342 e. The highest BCUT2D eigenvalue weighted by molar-refractivity contribution is 5.77. The van der Waals surface area contributed by atoms with Gasteiger partial charge in [-0.05, 0) is 86.4 Å². The van der Waals surface area contributed by atoms with Gasteiger partial charge in [0.15, 0.2) is 0 Å². The first-order valence-corrected chi connectivity index (χ1v) is 11.0. The van der Waals surface area contributed by atoms with E-state index >= 15 is 0 Å². The van der Waals surface area contributed by atoms with E-state index in [0.29, 0.717) is 22.8 Å². The van der Waals surface area contributed by atoms with Gasteiger partial charge in [-0.1, -0.05) is 13.8 Å². The molecule has 3 nitrogen and oxygen atoms in total. The Morgan fingerprint density at radius 1 is 0.920 bits per heavy atom. The van der Waals surface area contributed by atoms with Crippen molar-refractivity contribution in [3.05, 3.63) is 0 Å². The first-order valence-electron chi connectivity index (χ1n) is 11.0. The van der Waals surface area contributed by atoms with Crippen LogP contribution >= 0.6 is 0 Å². The normalized spacial score (nSPS) is 52.5. The molecule has 25 heavy (non-hydrogen) atoms. The number of rotatable bonds is 2. The molecule has 5 aliphatic rings. The van der Waals surface area contributed by atoms with Gasteiger partial charge in [0.25, 0.3) is 0 Å². The SMILES string of the molecule is CN1C(=O)CC[C@@]2(C)C1CC[C@@H]1[C@H]2CC[C@]2(C)C(NC3CC3)CC[C@@H]12. The van der Waals surface area contributed by atoms with Crippen LogP contribution in [-0.4, -0.2) is 36.0 Å². The van der Waals surface area contributed by atoms with E-state index in [1.54, 1.807) is 0 Å². The Morgan fingerprint density at radius 3 is 2.44 bits per heavy atom. The minimum atomic E-state index is 0.370. The van der Waals surface area contributed by atoms with Gasteiger partial charge in [-0.2, -0.15) is 0 Å². The number of carbonyl (C=O) groups is 1. The third kappa shape index (κ3) is 2.30. The first-order chi connectivity index (χ1) is 11.9. The van der Waals surface area contributed by atoms with Crippen LogP contribution in [0.1, 0.15) is 78.1 Å². The van der Waals surface area contributed by atoms with E-state index < -0.39 is 0 Å². The first kappa shape index (κ1) is 16.6. The van der Waals surface area contributed by atoms with E-state index in [-0.39, 0.29) is 0 Å². The summed E-state index contributed by atoms with van der Waals surface area (Å²) >= 11 is 0. The largest absolute Gasteiger partial charge is 0.342 e. The van der Waals surface area contributed by atoms with Crippen molar-refractivity contribution in [2.45, 2.75) is 96.2 Å². The Balaban J connectivity index is 1.40. The third-order valence-electron chi connectivity index (χ3n) is 9.57. The molecule has 4 saturated carbocycles. The maximum Gasteiger partial charge on any atom is 0.222 e. The number of nitrogens with zero attached hydrogens (tertiary/aromatic N) is 1. The van der Waals surface area contributed by atoms with E-state index in [9.17, 15) is 4.79 Å². The summed E-state index contributed by atoms with van der Waals surface area (Å²) in [6.45, 7) is 5.15. The fourth-order valence-corrected chi connectivity index (χ4v) is 7.96. The van der Waals surface area contributed by atoms with Gasteiger partial charge in [0, 0.05) is 31.6 Å². The lowest BCUT2D eigenvalue weighted by molar-refractivity contribution is -0.157. The van der Waals surface area contributed by atoms with Gasteiger partial charge < -0.3 is 10.2 Å². The molecule has 0 aromatic rings. The summed E-state index contributed by atoms with van der Waals surface area (Å²) < 4.78 is 0. The predicted octanol–water partition coefficient (Wildman–Crippen LogP) is 3.97. The van der Waals surface area contributed by atoms with Crippen LogP contribution in [0.3, 0.4) is 0 Å². The zero-order chi connectivity index (χ0) is 17.4. The molecule has 0 bridgehead atoms. The summed E-state index contributed by atoms with van der Waals surface area (Å²) in [5.41, 5.74) is 0.901. The maximum absolute atomic E-state index is 12.3. The molecule has 2 unspecified atom stereocenters. The van der Waals surface area contributed by atoms with Crippen LogP contribution in [0, 0.1) is 28.6 Å². The summed E-state index contributed by atoms with van der Waals surface area (Å²) in [4.78, 5) is 14.4. The number of hydrogen-bond acceptors (Lipinski definition) is 2. The Bertz CT molecular complexity index is 572. The lowest BCUT2D eigenvalue weighted by atomic mass is 9.47. The highest BCUT2D eigenvalue weighted by Crippen LogP contribution is 2.64. The maximum atomic E-state index is 12.3. The zero-order valence-corrected chi connectivity index (χ0v) is 16.4. The summed E-state index contributed by atoms with van der Waals surface area (Å²) in [7, 11) is 2.07. The Hall–Kier alpha value is -0.570. The molecule has 140 valence electrons. The molecule has 1 aliphatic heterocycles. The minimum absolute atomic E-state index is 0.370. The molecule has 5 rings (SSSR count). The quantitative estimate of drug-likeness (QED) is 0.822. The van der Waals surface area contributed by atoms with E-state index in [0.717, 1.165) is 42.7 Å². The number of likely N-dealkylation sites (tertiary alicyclic amines) is 1. The zero-order valence-electron chi connectivity index (χ0n) is 16.4. The van der Waals surface area contributed by atoms with Gasteiger partial charge in [-0.15, -0.1) is 0 Å². The molecule has 1 heterocycles. The third-order valence-corrected chi connectivity index (χ3v) is 9.57. The molecule has 0 spiro atoms. The molecule has 4 aliphatic carbocycles. The number of amides is 1. The van der Waals surface area contributed by atoms with Crippen LogP contribution in [0.5, 0.6) is 0 Å². The van der Waals surface area contributed by atoms with Crippen molar-refractivity contribution < 1.29 is 4.79 Å². The van der Waals surface area contributed by atoms with Crippen LogP contribution in [0.15, 0.2) is 0 Å². The van der Waals surface area contributed by atoms with E-state index in [1.165, 1.54) is 51.4 Å². The molecule has 5 fully saturated rings. The summed E-state index contributed by atoms with van der Waals surface area (Å²) in [6.07, 6.45) is 13.0. The number of carbonyl (C=O) groups excluding carboxylic acids is 1. The van der Waals surface area contributed by atoms with Crippen LogP contribution in [0.25, 0.3) is 0 Å². The van der Waals surface area contributed by atoms with Crippen LogP contribution < -0.4 is 5.32 Å². The average Bonchev–Trinajstić information content (AvgIpc) is 3.34. The van der Waals surface area contributed by atoms with Crippen molar-refractivity contribution in [3.8, 4) is 0 Å². The van der Waals surface area contributed by atoms with Gasteiger partial charge in [0.05, 0.1) is 0 Å². The van der Waals surface area contributed by atoms with Crippen molar-refractivity contribution >= 4 is 5.91 Å². The molecule has 0 aromatic carbocycles. The number of piperidine rings is 1. The lowest BCUT2D eigenvalue weighted by Gasteiger charge is -2.61. The Kier molecular flexibility index (Phi) is 3.63. The number of fused-ring (bicyclic) bond motifs is 5. The predicted molar refractivity (Wildman–Crippen MR) is 100 cm³/mol. The summed E-state index contributed by atoms with van der Waals surface area (Å²) in [6, 6.07) is 2.11. The van der Waals surface area contributed by atoms with Crippen LogP contribution in [-0.2, 0) is 4.79 Å².